The molecule has 0 fully saturated rings. The van der Waals surface area contributed by atoms with Crippen molar-refractivity contribution in [1.29, 1.82) is 5.26 Å². The van der Waals surface area contributed by atoms with Crippen molar-refractivity contribution in [1.82, 2.24) is 9.05 Å². The zero-order valence-electron chi connectivity index (χ0n) is 30.5. The van der Waals surface area contributed by atoms with Gasteiger partial charge in [-0.1, -0.05) is 115 Å². The standard InChI is InChI=1S/C52H30BN3/c1-30-39(37-16-8-10-31(24-37)29-54)28-46-50-47(30)42-27-38(33-13-6-3-7-14-33)26-41-40-25-36(32-11-4-2-5-12-32)21-23-44(40)56(51(41)42)53(50)43-22-20-35-19-18-34-15-9-17-45-48(34)49(35)52(43)55(45)46/h2-28H,1H3. The number of aromatic nitrogens is 2. The van der Waals surface area contributed by atoms with Gasteiger partial charge in [0, 0.05) is 43.8 Å². The van der Waals surface area contributed by atoms with E-state index < -0.39 is 0 Å². The van der Waals surface area contributed by atoms with E-state index in [1.165, 1.54) is 110 Å². The number of hydrogen-bond donors (Lipinski definition) is 0. The third-order valence-electron chi connectivity index (χ3n) is 12.8. The molecule has 256 valence electrons. The maximum Gasteiger partial charge on any atom is 0.333 e. The van der Waals surface area contributed by atoms with Crippen molar-refractivity contribution in [2.75, 3.05) is 0 Å². The fraction of sp³-hybridized carbons (Fsp3) is 0.0192. The molecule has 2 aliphatic heterocycles. The topological polar surface area (TPSA) is 33.6 Å². The van der Waals surface area contributed by atoms with Crippen LogP contribution in [0, 0.1) is 18.3 Å². The summed E-state index contributed by atoms with van der Waals surface area (Å²) in [5.74, 6) is 0. The summed E-state index contributed by atoms with van der Waals surface area (Å²) >= 11 is 0. The van der Waals surface area contributed by atoms with Gasteiger partial charge < -0.3 is 9.05 Å². The molecule has 2 aromatic heterocycles. The lowest BCUT2D eigenvalue weighted by atomic mass is 9.45. The highest BCUT2D eigenvalue weighted by Gasteiger charge is 2.43. The van der Waals surface area contributed by atoms with Gasteiger partial charge in [-0.25, -0.2) is 0 Å². The molecular formula is C52H30BN3. The maximum absolute atomic E-state index is 10.0. The minimum atomic E-state index is -0.0453. The van der Waals surface area contributed by atoms with Crippen LogP contribution >= 0.6 is 0 Å². The van der Waals surface area contributed by atoms with Gasteiger partial charge in [-0.15, -0.1) is 0 Å². The molecule has 4 heterocycles. The fourth-order valence-corrected chi connectivity index (χ4v) is 10.5. The number of nitrogens with zero attached hydrogens (tertiary/aromatic N) is 3. The van der Waals surface area contributed by atoms with Crippen molar-refractivity contribution in [3.63, 3.8) is 0 Å². The second-order valence-corrected chi connectivity index (χ2v) is 15.6. The van der Waals surface area contributed by atoms with Crippen LogP contribution in [0.3, 0.4) is 0 Å². The predicted molar refractivity (Wildman–Crippen MR) is 234 cm³/mol. The van der Waals surface area contributed by atoms with Crippen LogP contribution in [0.1, 0.15) is 11.1 Å². The third-order valence-corrected chi connectivity index (χ3v) is 12.8. The normalized spacial score (nSPS) is 12.7. The molecule has 13 rings (SSSR count). The molecule has 0 radical (unpaired) electrons. The molecule has 0 amide bonds. The largest absolute Gasteiger partial charge is 0.375 e. The highest BCUT2D eigenvalue weighted by atomic mass is 15.0. The van der Waals surface area contributed by atoms with Gasteiger partial charge in [-0.2, -0.15) is 5.26 Å². The second kappa shape index (κ2) is 10.7. The Morgan fingerprint density at radius 3 is 2.04 bits per heavy atom. The molecule has 0 saturated carbocycles. The second-order valence-electron chi connectivity index (χ2n) is 15.6. The summed E-state index contributed by atoms with van der Waals surface area (Å²) in [7, 11) is 0. The molecule has 0 aliphatic carbocycles. The molecule has 56 heavy (non-hydrogen) atoms. The van der Waals surface area contributed by atoms with E-state index in [9.17, 15) is 5.26 Å². The highest BCUT2D eigenvalue weighted by molar-refractivity contribution is 6.90. The molecule has 0 saturated heterocycles. The molecule has 4 heteroatoms. The average Bonchev–Trinajstić information content (AvgIpc) is 3.79. The minimum absolute atomic E-state index is 0.0453. The number of nitriles is 1. The number of rotatable bonds is 3. The summed E-state index contributed by atoms with van der Waals surface area (Å²) in [6.45, 7) is 2.25. The van der Waals surface area contributed by atoms with Gasteiger partial charge in [0.15, 0.2) is 0 Å². The Morgan fingerprint density at radius 1 is 0.518 bits per heavy atom. The number of hydrogen-bond acceptors (Lipinski definition) is 1. The lowest BCUT2D eigenvalue weighted by molar-refractivity contribution is 1.17. The van der Waals surface area contributed by atoms with Gasteiger partial charge in [0.2, 0.25) is 0 Å². The van der Waals surface area contributed by atoms with E-state index >= 15 is 0 Å². The van der Waals surface area contributed by atoms with Crippen LogP contribution in [0.4, 0.5) is 0 Å². The Morgan fingerprint density at radius 2 is 1.23 bits per heavy atom. The monoisotopic (exact) mass is 707 g/mol. The smallest absolute Gasteiger partial charge is 0.333 e. The Balaban J connectivity index is 1.26. The maximum atomic E-state index is 10.0. The van der Waals surface area contributed by atoms with Crippen LogP contribution in [0.5, 0.6) is 0 Å². The van der Waals surface area contributed by atoms with Gasteiger partial charge in [0.1, 0.15) is 0 Å². The fourth-order valence-electron chi connectivity index (χ4n) is 10.5. The predicted octanol–water partition coefficient (Wildman–Crippen LogP) is 11.6. The van der Waals surface area contributed by atoms with E-state index in [4.69, 9.17) is 0 Å². The molecule has 0 N–H and O–H groups in total. The Kier molecular flexibility index (Phi) is 5.72. The molecule has 3 nitrogen and oxygen atoms in total. The summed E-state index contributed by atoms with van der Waals surface area (Å²) in [5.41, 5.74) is 20.4. The van der Waals surface area contributed by atoms with Crippen LogP contribution in [0.25, 0.3) is 105 Å². The summed E-state index contributed by atoms with van der Waals surface area (Å²) in [4.78, 5) is 0. The van der Waals surface area contributed by atoms with Gasteiger partial charge in [-0.05, 0) is 122 Å². The number of benzene rings is 9. The molecule has 11 aromatic rings. The lowest BCUT2D eigenvalue weighted by Crippen LogP contribution is -2.55. The summed E-state index contributed by atoms with van der Waals surface area (Å²) in [5, 5.41) is 17.7. The summed E-state index contributed by atoms with van der Waals surface area (Å²) in [6.07, 6.45) is 0. The van der Waals surface area contributed by atoms with Gasteiger partial charge in [-0.3, -0.25) is 0 Å². The van der Waals surface area contributed by atoms with Crippen LogP contribution in [0.2, 0.25) is 0 Å². The molecule has 0 unspecified atom stereocenters. The lowest BCUT2D eigenvalue weighted by Gasteiger charge is -2.36. The molecule has 0 bridgehead atoms. The number of fused-ring (bicyclic) bond motifs is 8. The molecule has 2 aliphatic rings. The van der Waals surface area contributed by atoms with E-state index in [-0.39, 0.29) is 6.85 Å². The van der Waals surface area contributed by atoms with Crippen LogP contribution in [-0.2, 0) is 0 Å². The van der Waals surface area contributed by atoms with Crippen molar-refractivity contribution >= 4 is 72.2 Å². The summed E-state index contributed by atoms with van der Waals surface area (Å²) in [6, 6.07) is 62.5. The van der Waals surface area contributed by atoms with E-state index in [2.05, 4.69) is 168 Å². The van der Waals surface area contributed by atoms with Crippen molar-refractivity contribution in [2.24, 2.45) is 0 Å². The van der Waals surface area contributed by atoms with E-state index in [0.717, 1.165) is 11.1 Å². The van der Waals surface area contributed by atoms with Crippen molar-refractivity contribution in [3.05, 3.63) is 175 Å². The van der Waals surface area contributed by atoms with E-state index in [1.807, 2.05) is 18.2 Å². The first-order valence-electron chi connectivity index (χ1n) is 19.4. The molecule has 0 atom stereocenters. The van der Waals surface area contributed by atoms with Crippen LogP contribution < -0.4 is 10.9 Å². The third kappa shape index (κ3) is 3.72. The quantitative estimate of drug-likeness (QED) is 0.133. The molecule has 0 spiro atoms. The van der Waals surface area contributed by atoms with Crippen LogP contribution in [0.15, 0.2) is 164 Å². The first-order valence-corrected chi connectivity index (χ1v) is 19.4. The van der Waals surface area contributed by atoms with Crippen molar-refractivity contribution < 1.29 is 0 Å². The van der Waals surface area contributed by atoms with E-state index in [1.54, 1.807) is 0 Å². The highest BCUT2D eigenvalue weighted by Crippen LogP contribution is 2.49. The zero-order valence-corrected chi connectivity index (χ0v) is 30.5. The van der Waals surface area contributed by atoms with Gasteiger partial charge in [0.25, 0.3) is 0 Å². The van der Waals surface area contributed by atoms with Gasteiger partial charge >= 0.3 is 6.85 Å². The van der Waals surface area contributed by atoms with Gasteiger partial charge in [0.05, 0.1) is 22.7 Å². The summed E-state index contributed by atoms with van der Waals surface area (Å²) < 4.78 is 5.23. The minimum Gasteiger partial charge on any atom is -0.375 e. The van der Waals surface area contributed by atoms with E-state index in [0.29, 0.717) is 5.56 Å². The molecule has 9 aromatic carbocycles. The van der Waals surface area contributed by atoms with Crippen LogP contribution in [-0.4, -0.2) is 15.9 Å². The first kappa shape index (κ1) is 30.0. The SMILES string of the molecule is Cc1c(-c2cccc(C#N)c2)cc2c3c1-c1cc(-c4ccccc4)cc4c5cc(-c6ccccc6)ccc5n(c14)B3c1ccc3ccc4cccc5c4c3c1n5-2. The van der Waals surface area contributed by atoms with Crippen molar-refractivity contribution in [3.8, 4) is 56.3 Å². The molecular weight excluding hydrogens is 677 g/mol. The zero-order chi connectivity index (χ0) is 36.8. The average molecular weight is 708 g/mol. The Labute approximate surface area is 323 Å². The Bertz CT molecular complexity index is 3550. The first-order chi connectivity index (χ1) is 27.7. The Hall–Kier alpha value is -7.35. The van der Waals surface area contributed by atoms with Crippen molar-refractivity contribution in [2.45, 2.75) is 6.92 Å².